The van der Waals surface area contributed by atoms with Crippen LogP contribution in [0.1, 0.15) is 6.42 Å². The van der Waals surface area contributed by atoms with Crippen molar-refractivity contribution in [1.29, 1.82) is 0 Å². The number of amides is 1. The molecule has 3 N–H and O–H groups in total. The van der Waals surface area contributed by atoms with Crippen LogP contribution in [0.2, 0.25) is 0 Å². The number of rotatable bonds is 6. The molecule has 1 heterocycles. The van der Waals surface area contributed by atoms with Gasteiger partial charge in [0, 0.05) is 13.2 Å². The van der Waals surface area contributed by atoms with E-state index in [1.807, 2.05) is 0 Å². The van der Waals surface area contributed by atoms with Crippen LogP contribution in [0.25, 0.3) is 0 Å². The molecular weight excluding hydrogens is 276 g/mol. The van der Waals surface area contributed by atoms with Crippen LogP contribution in [0, 0.1) is 0 Å². The lowest BCUT2D eigenvalue weighted by molar-refractivity contribution is -0.147. The highest BCUT2D eigenvalue weighted by atomic mass is 32.2. The molecular formula is C10H18N2O6S. The molecule has 1 aliphatic rings. The maximum Gasteiger partial charge on any atom is 0.323 e. The molecule has 1 saturated heterocycles. The Bertz CT molecular complexity index is 449. The van der Waals surface area contributed by atoms with E-state index in [0.29, 0.717) is 0 Å². The SMILES string of the molecule is COCC(N)C(=O)N(CC(=O)O)C1CCS(=O)(=O)C1. The number of hydrogen-bond acceptors (Lipinski definition) is 6. The van der Waals surface area contributed by atoms with Gasteiger partial charge in [-0.3, -0.25) is 9.59 Å². The Labute approximate surface area is 111 Å². The third-order valence-corrected chi connectivity index (χ3v) is 4.65. The lowest BCUT2D eigenvalue weighted by Crippen LogP contribution is -2.52. The number of sulfone groups is 1. The maximum atomic E-state index is 12.0. The molecule has 2 atom stereocenters. The third-order valence-electron chi connectivity index (χ3n) is 2.90. The monoisotopic (exact) mass is 294 g/mol. The topological polar surface area (TPSA) is 127 Å². The molecule has 0 spiro atoms. The fourth-order valence-electron chi connectivity index (χ4n) is 2.02. The summed E-state index contributed by atoms with van der Waals surface area (Å²) in [5.41, 5.74) is 5.58. The van der Waals surface area contributed by atoms with Gasteiger partial charge >= 0.3 is 5.97 Å². The smallest absolute Gasteiger partial charge is 0.323 e. The van der Waals surface area contributed by atoms with E-state index >= 15 is 0 Å². The van der Waals surface area contributed by atoms with E-state index in [1.165, 1.54) is 7.11 Å². The molecule has 9 heteroatoms. The predicted octanol–water partition coefficient (Wildman–Crippen LogP) is -1.94. The number of carboxylic acids is 1. The fraction of sp³-hybridized carbons (Fsp3) is 0.800. The summed E-state index contributed by atoms with van der Waals surface area (Å²) in [5, 5.41) is 8.82. The van der Waals surface area contributed by atoms with Gasteiger partial charge in [0.2, 0.25) is 5.91 Å². The molecule has 110 valence electrons. The summed E-state index contributed by atoms with van der Waals surface area (Å²) >= 11 is 0. The minimum atomic E-state index is -3.21. The van der Waals surface area contributed by atoms with Crippen LogP contribution < -0.4 is 5.73 Å². The van der Waals surface area contributed by atoms with Crippen molar-refractivity contribution < 1.29 is 27.9 Å². The van der Waals surface area contributed by atoms with Crippen molar-refractivity contribution in [2.45, 2.75) is 18.5 Å². The van der Waals surface area contributed by atoms with E-state index in [0.717, 1.165) is 4.90 Å². The highest BCUT2D eigenvalue weighted by molar-refractivity contribution is 7.91. The molecule has 2 unspecified atom stereocenters. The Kier molecular flexibility index (Phi) is 5.27. The molecule has 8 nitrogen and oxygen atoms in total. The zero-order valence-electron chi connectivity index (χ0n) is 10.6. The number of carboxylic acid groups (broad SMARTS) is 1. The van der Waals surface area contributed by atoms with E-state index in [2.05, 4.69) is 0 Å². The first kappa shape index (κ1) is 15.9. The lowest BCUT2D eigenvalue weighted by atomic mass is 10.2. The number of methoxy groups -OCH3 is 1. The van der Waals surface area contributed by atoms with Crippen molar-refractivity contribution in [2.24, 2.45) is 5.73 Å². The Hall–Kier alpha value is -1.19. The van der Waals surface area contributed by atoms with Crippen molar-refractivity contribution in [3.8, 4) is 0 Å². The van der Waals surface area contributed by atoms with E-state index < -0.39 is 40.3 Å². The average molecular weight is 294 g/mol. The lowest BCUT2D eigenvalue weighted by Gasteiger charge is -2.28. The molecule has 19 heavy (non-hydrogen) atoms. The van der Waals surface area contributed by atoms with Crippen LogP contribution >= 0.6 is 0 Å². The van der Waals surface area contributed by atoms with Gasteiger partial charge in [-0.2, -0.15) is 0 Å². The van der Waals surface area contributed by atoms with Crippen molar-refractivity contribution in [1.82, 2.24) is 4.90 Å². The Morgan fingerprint density at radius 3 is 2.58 bits per heavy atom. The molecule has 0 aliphatic carbocycles. The summed E-state index contributed by atoms with van der Waals surface area (Å²) in [6.45, 7) is -0.606. The van der Waals surface area contributed by atoms with Gasteiger partial charge in [0.05, 0.1) is 18.1 Å². The van der Waals surface area contributed by atoms with Crippen LogP contribution in [0.5, 0.6) is 0 Å². The summed E-state index contributed by atoms with van der Waals surface area (Å²) in [4.78, 5) is 23.9. The quantitative estimate of drug-likeness (QED) is 0.583. The van der Waals surface area contributed by atoms with Crippen molar-refractivity contribution in [3.05, 3.63) is 0 Å². The molecule has 1 amide bonds. The molecule has 0 aromatic rings. The van der Waals surface area contributed by atoms with Gasteiger partial charge in [0.25, 0.3) is 0 Å². The minimum absolute atomic E-state index is 0.0411. The third kappa shape index (κ3) is 4.44. The van der Waals surface area contributed by atoms with Gasteiger partial charge in [0.1, 0.15) is 12.6 Å². The average Bonchev–Trinajstić information content (AvgIpc) is 2.65. The van der Waals surface area contributed by atoms with E-state index in [4.69, 9.17) is 15.6 Å². The van der Waals surface area contributed by atoms with Crippen LogP contribution in [-0.4, -0.2) is 74.2 Å². The zero-order valence-corrected chi connectivity index (χ0v) is 11.4. The van der Waals surface area contributed by atoms with Gasteiger partial charge in [0.15, 0.2) is 9.84 Å². The van der Waals surface area contributed by atoms with Gasteiger partial charge in [-0.05, 0) is 6.42 Å². The molecule has 0 radical (unpaired) electrons. The highest BCUT2D eigenvalue weighted by Crippen LogP contribution is 2.18. The first-order chi connectivity index (χ1) is 8.76. The number of carbonyl (C=O) groups excluding carboxylic acids is 1. The zero-order chi connectivity index (χ0) is 14.6. The Morgan fingerprint density at radius 2 is 2.16 bits per heavy atom. The van der Waals surface area contributed by atoms with Gasteiger partial charge in [-0.1, -0.05) is 0 Å². The summed E-state index contributed by atoms with van der Waals surface area (Å²) in [6.07, 6.45) is 0.237. The Balaban J connectivity index is 2.83. The van der Waals surface area contributed by atoms with Crippen LogP contribution in [-0.2, 0) is 24.2 Å². The van der Waals surface area contributed by atoms with E-state index in [-0.39, 0.29) is 24.5 Å². The fourth-order valence-corrected chi connectivity index (χ4v) is 3.75. The van der Waals surface area contributed by atoms with Crippen molar-refractivity contribution >= 4 is 21.7 Å². The summed E-state index contributed by atoms with van der Waals surface area (Å²) in [7, 11) is -1.84. The first-order valence-corrected chi connectivity index (χ1v) is 7.56. The van der Waals surface area contributed by atoms with Crippen molar-refractivity contribution in [2.75, 3.05) is 31.8 Å². The number of nitrogens with two attached hydrogens (primary N) is 1. The molecule has 0 bridgehead atoms. The van der Waals surface area contributed by atoms with Gasteiger partial charge < -0.3 is 20.5 Å². The standard InChI is InChI=1S/C10H18N2O6S/c1-18-5-8(11)10(15)12(4-9(13)14)7-2-3-19(16,17)6-7/h7-8H,2-6,11H2,1H3,(H,13,14). The minimum Gasteiger partial charge on any atom is -0.480 e. The number of ether oxygens (including phenoxy) is 1. The second kappa shape index (κ2) is 6.31. The molecule has 0 aromatic heterocycles. The first-order valence-electron chi connectivity index (χ1n) is 5.74. The predicted molar refractivity (Wildman–Crippen MR) is 66.3 cm³/mol. The van der Waals surface area contributed by atoms with Crippen molar-refractivity contribution in [3.63, 3.8) is 0 Å². The molecule has 0 saturated carbocycles. The van der Waals surface area contributed by atoms with E-state index in [1.54, 1.807) is 0 Å². The van der Waals surface area contributed by atoms with Crippen LogP contribution in [0.4, 0.5) is 0 Å². The van der Waals surface area contributed by atoms with Crippen LogP contribution in [0.15, 0.2) is 0 Å². The number of carbonyl (C=O) groups is 2. The van der Waals surface area contributed by atoms with Gasteiger partial charge in [-0.15, -0.1) is 0 Å². The second-order valence-corrected chi connectivity index (χ2v) is 6.71. The number of hydrogen-bond donors (Lipinski definition) is 2. The maximum absolute atomic E-state index is 12.0. The normalized spacial score (nSPS) is 22.9. The second-order valence-electron chi connectivity index (χ2n) is 4.48. The Morgan fingerprint density at radius 1 is 1.53 bits per heavy atom. The molecule has 0 aromatic carbocycles. The molecule has 1 fully saturated rings. The largest absolute Gasteiger partial charge is 0.480 e. The summed E-state index contributed by atoms with van der Waals surface area (Å²) < 4.78 is 27.6. The summed E-state index contributed by atoms with van der Waals surface area (Å²) in [6, 6.07) is -1.62. The van der Waals surface area contributed by atoms with E-state index in [9.17, 15) is 18.0 Å². The molecule has 1 aliphatic heterocycles. The highest BCUT2D eigenvalue weighted by Gasteiger charge is 2.37. The number of nitrogens with zero attached hydrogens (tertiary/aromatic N) is 1. The molecule has 1 rings (SSSR count). The summed E-state index contributed by atoms with van der Waals surface area (Å²) in [5.74, 6) is -2.07. The van der Waals surface area contributed by atoms with Gasteiger partial charge in [-0.25, -0.2) is 8.42 Å². The van der Waals surface area contributed by atoms with Crippen LogP contribution in [0.3, 0.4) is 0 Å². The number of aliphatic carboxylic acids is 1.